The summed E-state index contributed by atoms with van der Waals surface area (Å²) < 4.78 is 14.6. The zero-order valence-electron chi connectivity index (χ0n) is 20.3. The number of nitrogens with one attached hydrogen (secondary N) is 2. The maximum absolute atomic E-state index is 13.1. The smallest absolute Gasteiger partial charge is 0.272 e. The summed E-state index contributed by atoms with van der Waals surface area (Å²) in [4.78, 5) is 42.6. The lowest BCUT2D eigenvalue weighted by Crippen LogP contribution is -2.62. The molecule has 0 saturated carbocycles. The molecule has 1 aromatic heterocycles. The number of benzene rings is 1. The SMILES string of the molecule is CN1C(=O)c2cc(C(=O)NCCN3CCCCCC3)nn2C[C@@]1(C)C(=O)NCc1ccc(F)cc1. The zero-order valence-corrected chi connectivity index (χ0v) is 20.3. The first-order valence-corrected chi connectivity index (χ1v) is 12.2. The van der Waals surface area contributed by atoms with Crippen molar-refractivity contribution in [2.75, 3.05) is 33.2 Å². The van der Waals surface area contributed by atoms with Crippen molar-refractivity contribution in [3.05, 3.63) is 53.1 Å². The average molecular weight is 485 g/mol. The van der Waals surface area contributed by atoms with Gasteiger partial charge in [-0.3, -0.25) is 19.1 Å². The molecular weight excluding hydrogens is 451 g/mol. The molecule has 1 aromatic carbocycles. The first-order valence-electron chi connectivity index (χ1n) is 12.2. The number of carbonyl (C=O) groups excluding carboxylic acids is 3. The van der Waals surface area contributed by atoms with E-state index < -0.39 is 5.54 Å². The molecule has 10 heteroatoms. The second-order valence-corrected chi connectivity index (χ2v) is 9.53. The summed E-state index contributed by atoms with van der Waals surface area (Å²) in [6.45, 7) is 5.38. The van der Waals surface area contributed by atoms with Crippen LogP contribution in [-0.2, 0) is 17.9 Å². The molecule has 0 aliphatic carbocycles. The number of amides is 3. The number of fused-ring (bicyclic) bond motifs is 1. The fourth-order valence-corrected chi connectivity index (χ4v) is 4.59. The van der Waals surface area contributed by atoms with Gasteiger partial charge in [-0.2, -0.15) is 5.10 Å². The fourth-order valence-electron chi connectivity index (χ4n) is 4.59. The van der Waals surface area contributed by atoms with Gasteiger partial charge in [0, 0.05) is 32.7 Å². The third-order valence-electron chi connectivity index (χ3n) is 7.00. The number of aromatic nitrogens is 2. The Bertz CT molecular complexity index is 1080. The van der Waals surface area contributed by atoms with E-state index >= 15 is 0 Å². The van der Waals surface area contributed by atoms with E-state index in [2.05, 4.69) is 20.6 Å². The maximum atomic E-state index is 13.1. The van der Waals surface area contributed by atoms with Crippen molar-refractivity contribution in [1.82, 2.24) is 30.2 Å². The van der Waals surface area contributed by atoms with Crippen LogP contribution in [0.15, 0.2) is 30.3 Å². The molecule has 2 aromatic rings. The van der Waals surface area contributed by atoms with Crippen LogP contribution in [0.3, 0.4) is 0 Å². The third kappa shape index (κ3) is 5.53. The first-order chi connectivity index (χ1) is 16.8. The highest BCUT2D eigenvalue weighted by Gasteiger charge is 2.46. The largest absolute Gasteiger partial charge is 0.350 e. The lowest BCUT2D eigenvalue weighted by atomic mass is 9.96. The van der Waals surface area contributed by atoms with Crippen LogP contribution < -0.4 is 10.6 Å². The first kappa shape index (κ1) is 24.8. The molecule has 4 rings (SSSR count). The topological polar surface area (TPSA) is 99.6 Å². The van der Waals surface area contributed by atoms with Gasteiger partial charge < -0.3 is 20.4 Å². The number of halogens is 1. The van der Waals surface area contributed by atoms with Gasteiger partial charge in [-0.15, -0.1) is 0 Å². The van der Waals surface area contributed by atoms with E-state index in [9.17, 15) is 18.8 Å². The Morgan fingerprint density at radius 2 is 1.77 bits per heavy atom. The summed E-state index contributed by atoms with van der Waals surface area (Å²) in [6, 6.07) is 7.33. The number of hydrogen-bond acceptors (Lipinski definition) is 5. The molecule has 2 aliphatic heterocycles. The van der Waals surface area contributed by atoms with Gasteiger partial charge in [-0.05, 0) is 50.6 Å². The van der Waals surface area contributed by atoms with E-state index in [-0.39, 0.29) is 48.0 Å². The molecule has 35 heavy (non-hydrogen) atoms. The number of likely N-dealkylation sites (N-methyl/N-ethyl adjacent to an activating group) is 1. The van der Waals surface area contributed by atoms with E-state index in [1.165, 1.54) is 53.5 Å². The molecule has 0 unspecified atom stereocenters. The molecule has 1 fully saturated rings. The van der Waals surface area contributed by atoms with Gasteiger partial charge in [0.05, 0.1) is 6.54 Å². The van der Waals surface area contributed by atoms with Crippen LogP contribution in [0.1, 0.15) is 59.1 Å². The van der Waals surface area contributed by atoms with E-state index in [4.69, 9.17) is 0 Å². The molecule has 0 radical (unpaired) electrons. The molecule has 3 heterocycles. The molecule has 3 amide bonds. The van der Waals surface area contributed by atoms with E-state index in [1.807, 2.05) is 0 Å². The molecule has 9 nitrogen and oxygen atoms in total. The van der Waals surface area contributed by atoms with E-state index in [0.717, 1.165) is 25.2 Å². The number of likely N-dealkylation sites (tertiary alicyclic amines) is 1. The highest BCUT2D eigenvalue weighted by atomic mass is 19.1. The minimum absolute atomic E-state index is 0.112. The van der Waals surface area contributed by atoms with Crippen molar-refractivity contribution >= 4 is 17.7 Å². The molecule has 1 atom stereocenters. The maximum Gasteiger partial charge on any atom is 0.272 e. The average Bonchev–Trinajstić information content (AvgIpc) is 3.09. The fraction of sp³-hybridized carbons (Fsp3) is 0.520. The second kappa shape index (κ2) is 10.6. The minimum Gasteiger partial charge on any atom is -0.350 e. The number of nitrogens with zero attached hydrogens (tertiary/aromatic N) is 4. The number of hydrogen-bond donors (Lipinski definition) is 2. The number of rotatable bonds is 7. The van der Waals surface area contributed by atoms with Crippen molar-refractivity contribution in [1.29, 1.82) is 0 Å². The monoisotopic (exact) mass is 484 g/mol. The van der Waals surface area contributed by atoms with Crippen LogP contribution in [0.4, 0.5) is 4.39 Å². The summed E-state index contributed by atoms with van der Waals surface area (Å²) in [5.74, 6) is -1.42. The Hall–Kier alpha value is -3.27. The highest BCUT2D eigenvalue weighted by Crippen LogP contribution is 2.26. The van der Waals surface area contributed by atoms with Crippen molar-refractivity contribution in [2.24, 2.45) is 0 Å². The normalized spacial score (nSPS) is 20.8. The third-order valence-corrected chi connectivity index (χ3v) is 7.00. The van der Waals surface area contributed by atoms with Gasteiger partial charge in [-0.25, -0.2) is 4.39 Å². The summed E-state index contributed by atoms with van der Waals surface area (Å²) in [7, 11) is 1.57. The molecule has 0 bridgehead atoms. The highest BCUT2D eigenvalue weighted by molar-refractivity contribution is 6.01. The Labute approximate surface area is 204 Å². The van der Waals surface area contributed by atoms with Crippen LogP contribution >= 0.6 is 0 Å². The minimum atomic E-state index is -1.20. The van der Waals surface area contributed by atoms with Gasteiger partial charge in [0.1, 0.15) is 17.1 Å². The van der Waals surface area contributed by atoms with Gasteiger partial charge in [0.2, 0.25) is 5.91 Å². The predicted molar refractivity (Wildman–Crippen MR) is 128 cm³/mol. The summed E-state index contributed by atoms with van der Waals surface area (Å²) in [5, 5.41) is 10.1. The Morgan fingerprint density at radius 3 is 2.46 bits per heavy atom. The molecule has 1 saturated heterocycles. The zero-order chi connectivity index (χ0) is 25.0. The quantitative estimate of drug-likeness (QED) is 0.624. The van der Waals surface area contributed by atoms with Crippen molar-refractivity contribution in [2.45, 2.75) is 51.2 Å². The Kier molecular flexibility index (Phi) is 7.49. The lowest BCUT2D eigenvalue weighted by molar-refractivity contribution is -0.132. The van der Waals surface area contributed by atoms with Crippen LogP contribution in [0, 0.1) is 5.82 Å². The molecule has 2 aliphatic rings. The van der Waals surface area contributed by atoms with Crippen LogP contribution in [0.5, 0.6) is 0 Å². The van der Waals surface area contributed by atoms with E-state index in [0.29, 0.717) is 6.54 Å². The summed E-state index contributed by atoms with van der Waals surface area (Å²) in [6.07, 6.45) is 4.89. The van der Waals surface area contributed by atoms with Crippen LogP contribution in [-0.4, -0.2) is 76.1 Å². The molecule has 2 N–H and O–H groups in total. The van der Waals surface area contributed by atoms with Gasteiger partial charge in [0.15, 0.2) is 5.69 Å². The van der Waals surface area contributed by atoms with Gasteiger partial charge in [-0.1, -0.05) is 25.0 Å². The molecule has 188 valence electrons. The second-order valence-electron chi connectivity index (χ2n) is 9.53. The number of carbonyl (C=O) groups is 3. The van der Waals surface area contributed by atoms with Gasteiger partial charge in [0.25, 0.3) is 11.8 Å². The predicted octanol–water partition coefficient (Wildman–Crippen LogP) is 1.79. The Morgan fingerprint density at radius 1 is 1.09 bits per heavy atom. The van der Waals surface area contributed by atoms with Gasteiger partial charge >= 0.3 is 0 Å². The van der Waals surface area contributed by atoms with Crippen molar-refractivity contribution < 1.29 is 18.8 Å². The Balaban J connectivity index is 1.38. The molecule has 0 spiro atoms. The van der Waals surface area contributed by atoms with Crippen LogP contribution in [0.25, 0.3) is 0 Å². The van der Waals surface area contributed by atoms with Crippen LogP contribution in [0.2, 0.25) is 0 Å². The standard InChI is InChI=1S/C25H33FN6O3/c1-25(24(35)28-16-18-7-9-19(26)10-8-18)17-32-21(23(34)30(25)2)15-20(29-32)22(33)27-11-14-31-12-5-3-4-6-13-31/h7-10,15H,3-6,11-14,16-17H2,1-2H3,(H,27,33)(H,28,35)/t25-/m0/s1. The van der Waals surface area contributed by atoms with E-state index in [1.54, 1.807) is 26.1 Å². The van der Waals surface area contributed by atoms with Crippen molar-refractivity contribution in [3.63, 3.8) is 0 Å². The van der Waals surface area contributed by atoms with Crippen molar-refractivity contribution in [3.8, 4) is 0 Å². The molecular formula is C25H33FN6O3. The summed E-state index contributed by atoms with van der Waals surface area (Å²) >= 11 is 0. The lowest BCUT2D eigenvalue weighted by Gasteiger charge is -2.40. The summed E-state index contributed by atoms with van der Waals surface area (Å²) in [5.41, 5.74) is -0.0222.